The summed E-state index contributed by atoms with van der Waals surface area (Å²) in [6, 6.07) is -0.429. The van der Waals surface area contributed by atoms with E-state index < -0.39 is 14.4 Å². The lowest BCUT2D eigenvalue weighted by Gasteiger charge is -2.44. The maximum absolute atomic E-state index is 11.0. The number of nitrogens with one attached hydrogen (secondary N) is 1. The first-order valence-corrected chi connectivity index (χ1v) is 8.71. The van der Waals surface area contributed by atoms with Crippen LogP contribution in [0.4, 0.5) is 0 Å². The zero-order valence-corrected chi connectivity index (χ0v) is 12.1. The molecule has 3 atom stereocenters. The molecule has 1 fully saturated rings. The molecule has 4 nitrogen and oxygen atoms in total. The van der Waals surface area contributed by atoms with E-state index in [0.29, 0.717) is 0 Å². The Morgan fingerprint density at radius 2 is 1.94 bits per heavy atom. The van der Waals surface area contributed by atoms with Crippen LogP contribution in [0.2, 0.25) is 18.1 Å². The smallest absolute Gasteiger partial charge is 0.239 e. The highest BCUT2D eigenvalue weighted by Crippen LogP contribution is 2.37. The van der Waals surface area contributed by atoms with Crippen molar-refractivity contribution < 1.29 is 9.22 Å². The van der Waals surface area contributed by atoms with Gasteiger partial charge in [0.05, 0.1) is 12.1 Å². The van der Waals surface area contributed by atoms with Crippen molar-refractivity contribution in [2.45, 2.75) is 64.0 Å². The van der Waals surface area contributed by atoms with Gasteiger partial charge in [-0.25, -0.2) is 0 Å². The number of carbonyl (C=O) groups excluding carboxylic acids is 1. The van der Waals surface area contributed by atoms with E-state index in [4.69, 9.17) is 10.2 Å². The first-order chi connectivity index (χ1) is 7.06. The second-order valence-electron chi connectivity index (χ2n) is 6.14. The van der Waals surface area contributed by atoms with Gasteiger partial charge in [-0.2, -0.15) is 0 Å². The number of nitrogens with two attached hydrogens (primary N) is 1. The molecule has 1 aliphatic heterocycles. The zero-order valence-electron chi connectivity index (χ0n) is 11.1. The summed E-state index contributed by atoms with van der Waals surface area (Å²) in [6.07, 6.45) is -0.00593. The molecular weight excluding hydrogens is 220 g/mol. The van der Waals surface area contributed by atoms with Gasteiger partial charge in [0.15, 0.2) is 8.32 Å². The Morgan fingerprint density at radius 3 is 2.25 bits per heavy atom. The van der Waals surface area contributed by atoms with Gasteiger partial charge in [-0.15, -0.1) is 0 Å². The second-order valence-corrected chi connectivity index (χ2v) is 10.9. The fraction of sp³-hybridized carbons (Fsp3) is 0.909. The summed E-state index contributed by atoms with van der Waals surface area (Å²) in [5, 5.41) is 2.98. The molecule has 0 aliphatic carbocycles. The minimum absolute atomic E-state index is 0.00593. The molecule has 0 aromatic carbocycles. The molecule has 0 saturated carbocycles. The third kappa shape index (κ3) is 2.47. The molecule has 1 aliphatic rings. The predicted molar refractivity (Wildman–Crippen MR) is 67.7 cm³/mol. The lowest BCUT2D eigenvalue weighted by molar-refractivity contribution is -0.132. The van der Waals surface area contributed by atoms with Gasteiger partial charge in [0.1, 0.15) is 6.04 Å². The van der Waals surface area contributed by atoms with Crippen LogP contribution in [-0.2, 0) is 9.22 Å². The number of amides is 1. The number of β-lactam (4-membered cyclic amide) rings is 1. The maximum Gasteiger partial charge on any atom is 0.239 e. The standard InChI is InChI=1S/C11H24N2O2Si/c1-7(9-8(12)10(14)13-9)15-16(5,6)11(2,3)4/h7-9H,12H2,1-6H3,(H,13,14)/t7-,8+,9-/m1/s1. The summed E-state index contributed by atoms with van der Waals surface area (Å²) in [6.45, 7) is 13.0. The molecular formula is C11H24N2O2Si. The molecule has 16 heavy (non-hydrogen) atoms. The van der Waals surface area contributed by atoms with Gasteiger partial charge in [-0.3, -0.25) is 4.79 Å². The van der Waals surface area contributed by atoms with Crippen LogP contribution in [0.1, 0.15) is 27.7 Å². The van der Waals surface area contributed by atoms with Crippen molar-refractivity contribution in [2.75, 3.05) is 0 Å². The molecule has 3 N–H and O–H groups in total. The Kier molecular flexibility index (Phi) is 3.52. The van der Waals surface area contributed by atoms with E-state index in [-0.39, 0.29) is 23.1 Å². The SMILES string of the molecule is C[C@@H](O[Si](C)(C)C(C)(C)C)[C@H]1NC(=O)[C@H]1N. The van der Waals surface area contributed by atoms with Crippen molar-refractivity contribution in [3.63, 3.8) is 0 Å². The van der Waals surface area contributed by atoms with Crippen LogP contribution in [-0.4, -0.2) is 32.4 Å². The Balaban J connectivity index is 2.58. The van der Waals surface area contributed by atoms with Gasteiger partial charge in [-0.05, 0) is 25.1 Å². The molecule has 1 rings (SSSR count). The predicted octanol–water partition coefficient (Wildman–Crippen LogP) is 1.22. The monoisotopic (exact) mass is 244 g/mol. The topological polar surface area (TPSA) is 64.3 Å². The van der Waals surface area contributed by atoms with Gasteiger partial charge in [0.25, 0.3) is 0 Å². The van der Waals surface area contributed by atoms with Crippen LogP contribution in [0.25, 0.3) is 0 Å². The highest BCUT2D eigenvalue weighted by molar-refractivity contribution is 6.74. The quantitative estimate of drug-likeness (QED) is 0.579. The van der Waals surface area contributed by atoms with Crippen molar-refractivity contribution in [3.8, 4) is 0 Å². The Hall–Kier alpha value is -0.393. The van der Waals surface area contributed by atoms with Crippen molar-refractivity contribution in [1.82, 2.24) is 5.32 Å². The van der Waals surface area contributed by atoms with Crippen LogP contribution >= 0.6 is 0 Å². The molecule has 1 saturated heterocycles. The van der Waals surface area contributed by atoms with Gasteiger partial charge >= 0.3 is 0 Å². The Bertz CT molecular complexity index is 286. The summed E-state index contributed by atoms with van der Waals surface area (Å²) in [5.41, 5.74) is 5.72. The van der Waals surface area contributed by atoms with Gasteiger partial charge in [-0.1, -0.05) is 20.8 Å². The minimum atomic E-state index is -1.77. The summed E-state index contributed by atoms with van der Waals surface area (Å²) in [7, 11) is -1.77. The molecule has 0 aromatic heterocycles. The summed E-state index contributed by atoms with van der Waals surface area (Å²) in [4.78, 5) is 11.0. The summed E-state index contributed by atoms with van der Waals surface area (Å²) >= 11 is 0. The molecule has 0 spiro atoms. The van der Waals surface area contributed by atoms with Crippen molar-refractivity contribution in [2.24, 2.45) is 5.73 Å². The number of hydrogen-bond donors (Lipinski definition) is 2. The minimum Gasteiger partial charge on any atom is -0.412 e. The Labute approximate surface area is 99.1 Å². The van der Waals surface area contributed by atoms with Crippen LogP contribution in [0.3, 0.4) is 0 Å². The third-order valence-corrected chi connectivity index (χ3v) is 8.36. The molecule has 5 heteroatoms. The van der Waals surface area contributed by atoms with E-state index in [1.807, 2.05) is 6.92 Å². The van der Waals surface area contributed by atoms with Gasteiger partial charge in [0.2, 0.25) is 5.91 Å². The lowest BCUT2D eigenvalue weighted by atomic mass is 9.96. The van der Waals surface area contributed by atoms with Gasteiger partial charge < -0.3 is 15.5 Å². The zero-order chi connectivity index (χ0) is 12.7. The normalized spacial score (nSPS) is 28.3. The lowest BCUT2D eigenvalue weighted by Crippen LogP contribution is -2.71. The highest BCUT2D eigenvalue weighted by Gasteiger charge is 2.45. The van der Waals surface area contributed by atoms with E-state index in [1.54, 1.807) is 0 Å². The van der Waals surface area contributed by atoms with E-state index in [2.05, 4.69) is 39.2 Å². The van der Waals surface area contributed by atoms with E-state index >= 15 is 0 Å². The number of hydrogen-bond acceptors (Lipinski definition) is 3. The summed E-state index contributed by atoms with van der Waals surface area (Å²) in [5.74, 6) is -0.0734. The molecule has 0 bridgehead atoms. The largest absolute Gasteiger partial charge is 0.412 e. The number of rotatable bonds is 3. The van der Waals surface area contributed by atoms with Crippen molar-refractivity contribution in [3.05, 3.63) is 0 Å². The van der Waals surface area contributed by atoms with Gasteiger partial charge in [0, 0.05) is 0 Å². The molecule has 0 radical (unpaired) electrons. The highest BCUT2D eigenvalue weighted by atomic mass is 28.4. The van der Waals surface area contributed by atoms with Crippen LogP contribution in [0, 0.1) is 0 Å². The summed E-state index contributed by atoms with van der Waals surface area (Å²) < 4.78 is 6.17. The van der Waals surface area contributed by atoms with Crippen molar-refractivity contribution >= 4 is 14.2 Å². The fourth-order valence-corrected chi connectivity index (χ4v) is 2.97. The number of carbonyl (C=O) groups is 1. The maximum atomic E-state index is 11.0. The molecule has 94 valence electrons. The first kappa shape index (κ1) is 13.7. The van der Waals surface area contributed by atoms with Crippen LogP contribution in [0.5, 0.6) is 0 Å². The molecule has 0 unspecified atom stereocenters. The molecule has 1 amide bonds. The second kappa shape index (κ2) is 4.12. The third-order valence-electron chi connectivity index (χ3n) is 3.79. The van der Waals surface area contributed by atoms with E-state index in [0.717, 1.165) is 0 Å². The van der Waals surface area contributed by atoms with Crippen molar-refractivity contribution in [1.29, 1.82) is 0 Å². The molecule has 0 aromatic rings. The fourth-order valence-electron chi connectivity index (χ4n) is 1.54. The van der Waals surface area contributed by atoms with E-state index in [1.165, 1.54) is 0 Å². The average Bonchev–Trinajstić information content (AvgIpc) is 2.10. The van der Waals surface area contributed by atoms with Crippen LogP contribution in [0.15, 0.2) is 0 Å². The average molecular weight is 244 g/mol. The molecule has 1 heterocycles. The van der Waals surface area contributed by atoms with Crippen LogP contribution < -0.4 is 11.1 Å². The Morgan fingerprint density at radius 1 is 1.44 bits per heavy atom. The first-order valence-electron chi connectivity index (χ1n) is 5.80. The van der Waals surface area contributed by atoms with E-state index in [9.17, 15) is 4.79 Å².